The molecule has 9 heteroatoms. The second-order valence-corrected chi connectivity index (χ2v) is 4.60. The smallest absolute Gasteiger partial charge is 0.507 e. The molecule has 0 aliphatic heterocycles. The lowest BCUT2D eigenvalue weighted by Crippen LogP contribution is -2.16. The maximum atomic E-state index is 12.9. The van der Waals surface area contributed by atoms with Gasteiger partial charge in [-0.25, -0.2) is 0 Å². The Labute approximate surface area is 131 Å². The minimum atomic E-state index is -4.91. The van der Waals surface area contributed by atoms with Crippen LogP contribution in [0.2, 0.25) is 0 Å². The van der Waals surface area contributed by atoms with E-state index < -0.39 is 29.6 Å². The Balaban J connectivity index is 2.51. The van der Waals surface area contributed by atoms with Gasteiger partial charge in [-0.05, 0) is 29.8 Å². The van der Waals surface area contributed by atoms with Gasteiger partial charge in [-0.1, -0.05) is 12.1 Å². The molecule has 0 unspecified atom stereocenters. The molecule has 0 aliphatic carbocycles. The Morgan fingerprint density at radius 3 is 2.00 bits per heavy atom. The van der Waals surface area contributed by atoms with Crippen molar-refractivity contribution in [3.05, 3.63) is 47.5 Å². The van der Waals surface area contributed by atoms with E-state index in [4.69, 9.17) is 5.26 Å². The van der Waals surface area contributed by atoms with Gasteiger partial charge in [0.05, 0.1) is 17.2 Å². The molecule has 0 heterocycles. The summed E-state index contributed by atoms with van der Waals surface area (Å²) in [5.41, 5.74) is -2.11. The molecule has 0 aromatic heterocycles. The Bertz CT molecular complexity index is 788. The minimum absolute atomic E-state index is 0.00961. The average molecular weight is 347 g/mol. The van der Waals surface area contributed by atoms with Gasteiger partial charge in [0.1, 0.15) is 11.5 Å². The first kappa shape index (κ1) is 17.5. The summed E-state index contributed by atoms with van der Waals surface area (Å²) in [5, 5.41) is 18.6. The summed E-state index contributed by atoms with van der Waals surface area (Å²) in [7, 11) is 0. The van der Waals surface area contributed by atoms with Crippen LogP contribution in [0.5, 0.6) is 11.5 Å². The van der Waals surface area contributed by atoms with Crippen molar-refractivity contribution in [2.24, 2.45) is 0 Å². The number of phenols is 1. The Morgan fingerprint density at radius 1 is 0.958 bits per heavy atom. The van der Waals surface area contributed by atoms with Crippen molar-refractivity contribution in [3.8, 4) is 28.7 Å². The molecule has 2 rings (SSSR count). The lowest BCUT2D eigenvalue weighted by atomic mass is 9.98. The van der Waals surface area contributed by atoms with Gasteiger partial charge >= 0.3 is 12.5 Å². The molecular formula is C15H7F6NO2. The van der Waals surface area contributed by atoms with E-state index in [-0.39, 0.29) is 16.7 Å². The zero-order chi connectivity index (χ0) is 18.1. The number of hydrogen-bond acceptors (Lipinski definition) is 3. The molecule has 126 valence electrons. The first-order valence-electron chi connectivity index (χ1n) is 6.22. The highest BCUT2D eigenvalue weighted by Crippen LogP contribution is 2.42. The molecule has 0 spiro atoms. The van der Waals surface area contributed by atoms with Crippen LogP contribution in [0.25, 0.3) is 11.1 Å². The van der Waals surface area contributed by atoms with Crippen molar-refractivity contribution in [2.75, 3.05) is 0 Å². The number of alkyl halides is 6. The number of nitriles is 1. The molecule has 2 aromatic carbocycles. The van der Waals surface area contributed by atoms with Crippen LogP contribution in [0.1, 0.15) is 11.1 Å². The third kappa shape index (κ3) is 3.90. The summed E-state index contributed by atoms with van der Waals surface area (Å²) in [5.74, 6) is -1.69. The fraction of sp³-hybridized carbons (Fsp3) is 0.133. The van der Waals surface area contributed by atoms with E-state index in [2.05, 4.69) is 4.74 Å². The van der Waals surface area contributed by atoms with Crippen molar-refractivity contribution < 1.29 is 36.2 Å². The van der Waals surface area contributed by atoms with Crippen LogP contribution in [0.4, 0.5) is 26.3 Å². The summed E-state index contributed by atoms with van der Waals surface area (Å²) in [6.07, 6.45) is -9.81. The van der Waals surface area contributed by atoms with Gasteiger partial charge in [-0.3, -0.25) is 0 Å². The summed E-state index contributed by atoms with van der Waals surface area (Å²) in [6, 6.07) is 6.87. The van der Waals surface area contributed by atoms with Crippen LogP contribution in [-0.2, 0) is 6.18 Å². The quantitative estimate of drug-likeness (QED) is 0.790. The highest BCUT2D eigenvalue weighted by molar-refractivity contribution is 5.74. The standard InChI is InChI=1S/C15H7F6NO2/c16-14(17,18)12-6-8(7-22)5-11(13(12)23)9-1-3-10(4-2-9)24-15(19,20)21/h1-6,23H. The fourth-order valence-corrected chi connectivity index (χ4v) is 1.97. The largest absolute Gasteiger partial charge is 0.573 e. The summed E-state index contributed by atoms with van der Waals surface area (Å²) in [4.78, 5) is 0. The summed E-state index contributed by atoms with van der Waals surface area (Å²) < 4.78 is 78.6. The maximum Gasteiger partial charge on any atom is 0.573 e. The van der Waals surface area contributed by atoms with Crippen LogP contribution in [-0.4, -0.2) is 11.5 Å². The number of hydrogen-bond donors (Lipinski definition) is 1. The molecule has 0 saturated heterocycles. The SMILES string of the molecule is N#Cc1cc(-c2ccc(OC(F)(F)F)cc2)c(O)c(C(F)(F)F)c1. The topological polar surface area (TPSA) is 53.2 Å². The van der Waals surface area contributed by atoms with E-state index in [1.54, 1.807) is 0 Å². The first-order valence-corrected chi connectivity index (χ1v) is 6.22. The number of ether oxygens (including phenoxy) is 1. The Morgan fingerprint density at radius 2 is 1.54 bits per heavy atom. The third-order valence-electron chi connectivity index (χ3n) is 2.94. The molecular weight excluding hydrogens is 340 g/mol. The second kappa shape index (κ2) is 5.96. The van der Waals surface area contributed by atoms with Gasteiger partial charge in [0.2, 0.25) is 0 Å². The van der Waals surface area contributed by atoms with Gasteiger partial charge in [0.15, 0.2) is 0 Å². The highest BCUT2D eigenvalue weighted by Gasteiger charge is 2.36. The van der Waals surface area contributed by atoms with E-state index in [9.17, 15) is 31.4 Å². The van der Waals surface area contributed by atoms with Crippen LogP contribution in [0, 0.1) is 11.3 Å². The van der Waals surface area contributed by atoms with Crippen molar-refractivity contribution in [2.45, 2.75) is 12.5 Å². The van der Waals surface area contributed by atoms with Crippen LogP contribution in [0.3, 0.4) is 0 Å². The van der Waals surface area contributed by atoms with Crippen LogP contribution < -0.4 is 4.74 Å². The molecule has 0 amide bonds. The molecule has 0 radical (unpaired) electrons. The number of rotatable bonds is 2. The summed E-state index contributed by atoms with van der Waals surface area (Å²) in [6.45, 7) is 0. The van der Waals surface area contributed by atoms with Crippen molar-refractivity contribution >= 4 is 0 Å². The molecule has 0 fully saturated rings. The van der Waals surface area contributed by atoms with E-state index >= 15 is 0 Å². The molecule has 0 aliphatic rings. The second-order valence-electron chi connectivity index (χ2n) is 4.60. The number of benzene rings is 2. The Kier molecular flexibility index (Phi) is 4.34. The Hall–Kier alpha value is -2.89. The lowest BCUT2D eigenvalue weighted by Gasteiger charge is -2.14. The molecule has 3 nitrogen and oxygen atoms in total. The van der Waals surface area contributed by atoms with Gasteiger partial charge in [-0.2, -0.15) is 18.4 Å². The number of phenolic OH excluding ortho intramolecular Hbond substituents is 1. The third-order valence-corrected chi connectivity index (χ3v) is 2.94. The maximum absolute atomic E-state index is 12.9. The number of nitrogens with zero attached hydrogens (tertiary/aromatic N) is 1. The molecule has 0 atom stereocenters. The molecule has 24 heavy (non-hydrogen) atoms. The zero-order valence-corrected chi connectivity index (χ0v) is 11.5. The average Bonchev–Trinajstić information content (AvgIpc) is 2.45. The van der Waals surface area contributed by atoms with Crippen molar-refractivity contribution in [1.29, 1.82) is 5.26 Å². The van der Waals surface area contributed by atoms with Crippen molar-refractivity contribution in [1.82, 2.24) is 0 Å². The summed E-state index contributed by atoms with van der Waals surface area (Å²) >= 11 is 0. The zero-order valence-electron chi connectivity index (χ0n) is 11.5. The highest BCUT2D eigenvalue weighted by atomic mass is 19.4. The van der Waals surface area contributed by atoms with Gasteiger partial charge in [0.25, 0.3) is 0 Å². The molecule has 2 aromatic rings. The molecule has 0 bridgehead atoms. The van der Waals surface area contributed by atoms with Gasteiger partial charge in [0, 0.05) is 5.56 Å². The van der Waals surface area contributed by atoms with E-state index in [1.807, 2.05) is 0 Å². The molecule has 0 saturated carbocycles. The predicted octanol–water partition coefficient (Wildman–Crippen LogP) is 4.85. The van der Waals surface area contributed by atoms with Crippen LogP contribution in [0.15, 0.2) is 36.4 Å². The lowest BCUT2D eigenvalue weighted by molar-refractivity contribution is -0.274. The van der Waals surface area contributed by atoms with Gasteiger partial charge < -0.3 is 9.84 Å². The normalized spacial score (nSPS) is 11.9. The number of halogens is 6. The minimum Gasteiger partial charge on any atom is -0.507 e. The van der Waals surface area contributed by atoms with E-state index in [0.29, 0.717) is 6.07 Å². The predicted molar refractivity (Wildman–Crippen MR) is 69.9 cm³/mol. The van der Waals surface area contributed by atoms with Gasteiger partial charge in [-0.15, -0.1) is 13.2 Å². The fourth-order valence-electron chi connectivity index (χ4n) is 1.97. The van der Waals surface area contributed by atoms with E-state index in [0.717, 1.165) is 30.3 Å². The monoisotopic (exact) mass is 347 g/mol. The molecule has 1 N–H and O–H groups in total. The van der Waals surface area contributed by atoms with Crippen molar-refractivity contribution in [3.63, 3.8) is 0 Å². The first-order chi connectivity index (χ1) is 11.0. The number of aromatic hydroxyl groups is 1. The van der Waals surface area contributed by atoms with E-state index in [1.165, 1.54) is 6.07 Å². The van der Waals surface area contributed by atoms with Crippen LogP contribution >= 0.6 is 0 Å².